The number of carbonyl (C=O) groups is 1. The van der Waals surface area contributed by atoms with Crippen molar-refractivity contribution < 1.29 is 9.90 Å². The SMILES string of the molecule is CCC(C)N(CC(=O)O)c1ccnc2ccccc12. The Labute approximate surface area is 112 Å². The van der Waals surface area contributed by atoms with Gasteiger partial charge in [-0.2, -0.15) is 0 Å². The van der Waals surface area contributed by atoms with Crippen molar-refractivity contribution in [2.45, 2.75) is 26.3 Å². The molecular weight excluding hydrogens is 240 g/mol. The van der Waals surface area contributed by atoms with E-state index in [0.717, 1.165) is 23.0 Å². The number of anilines is 1. The van der Waals surface area contributed by atoms with E-state index in [-0.39, 0.29) is 12.6 Å². The lowest BCUT2D eigenvalue weighted by molar-refractivity contribution is -0.135. The van der Waals surface area contributed by atoms with Gasteiger partial charge in [-0.05, 0) is 25.5 Å². The number of hydrogen-bond donors (Lipinski definition) is 1. The monoisotopic (exact) mass is 258 g/mol. The van der Waals surface area contributed by atoms with Gasteiger partial charge in [-0.15, -0.1) is 0 Å². The van der Waals surface area contributed by atoms with Crippen LogP contribution in [0.1, 0.15) is 20.3 Å². The summed E-state index contributed by atoms with van der Waals surface area (Å²) >= 11 is 0. The van der Waals surface area contributed by atoms with E-state index in [4.69, 9.17) is 5.11 Å². The number of fused-ring (bicyclic) bond motifs is 1. The van der Waals surface area contributed by atoms with Crippen molar-refractivity contribution in [1.29, 1.82) is 0 Å². The van der Waals surface area contributed by atoms with Crippen LogP contribution in [-0.2, 0) is 4.79 Å². The van der Waals surface area contributed by atoms with E-state index in [1.54, 1.807) is 6.20 Å². The highest BCUT2D eigenvalue weighted by atomic mass is 16.4. The summed E-state index contributed by atoms with van der Waals surface area (Å²) < 4.78 is 0. The molecule has 0 radical (unpaired) electrons. The van der Waals surface area contributed by atoms with Gasteiger partial charge in [0.15, 0.2) is 0 Å². The number of aromatic nitrogens is 1. The molecule has 0 aliphatic carbocycles. The lowest BCUT2D eigenvalue weighted by Gasteiger charge is -2.30. The fourth-order valence-electron chi connectivity index (χ4n) is 2.18. The van der Waals surface area contributed by atoms with E-state index in [1.807, 2.05) is 42.2 Å². The van der Waals surface area contributed by atoms with Crippen molar-refractivity contribution >= 4 is 22.6 Å². The molecule has 0 spiro atoms. The molecule has 4 nitrogen and oxygen atoms in total. The first kappa shape index (κ1) is 13.3. The van der Waals surface area contributed by atoms with Crippen molar-refractivity contribution in [1.82, 2.24) is 4.98 Å². The second kappa shape index (κ2) is 5.69. The minimum absolute atomic E-state index is 0.00299. The number of carboxylic acid groups (broad SMARTS) is 1. The maximum atomic E-state index is 11.1. The predicted molar refractivity (Wildman–Crippen MR) is 76.5 cm³/mol. The van der Waals surface area contributed by atoms with Gasteiger partial charge >= 0.3 is 5.97 Å². The van der Waals surface area contributed by atoms with E-state index in [9.17, 15) is 4.79 Å². The second-order valence-electron chi connectivity index (χ2n) is 4.63. The van der Waals surface area contributed by atoms with Crippen molar-refractivity contribution in [2.24, 2.45) is 0 Å². The molecule has 0 saturated carbocycles. The zero-order chi connectivity index (χ0) is 13.8. The Balaban J connectivity index is 2.52. The molecule has 1 N–H and O–H groups in total. The molecule has 0 bridgehead atoms. The first-order valence-electron chi connectivity index (χ1n) is 6.45. The van der Waals surface area contributed by atoms with Crippen molar-refractivity contribution in [2.75, 3.05) is 11.4 Å². The van der Waals surface area contributed by atoms with E-state index in [0.29, 0.717) is 0 Å². The van der Waals surface area contributed by atoms with Gasteiger partial charge in [0.1, 0.15) is 6.54 Å². The summed E-state index contributed by atoms with van der Waals surface area (Å²) in [5.41, 5.74) is 1.82. The number of pyridine rings is 1. The van der Waals surface area contributed by atoms with Gasteiger partial charge in [-0.25, -0.2) is 0 Å². The topological polar surface area (TPSA) is 53.4 Å². The molecular formula is C15H18N2O2. The lowest BCUT2D eigenvalue weighted by atomic mass is 10.1. The van der Waals surface area contributed by atoms with Gasteiger partial charge in [0.05, 0.1) is 5.52 Å². The average Bonchev–Trinajstić information content (AvgIpc) is 2.43. The lowest BCUT2D eigenvalue weighted by Crippen LogP contribution is -2.37. The molecule has 0 aliphatic rings. The summed E-state index contributed by atoms with van der Waals surface area (Å²) in [5, 5.41) is 10.1. The van der Waals surface area contributed by atoms with Gasteiger partial charge < -0.3 is 10.0 Å². The Morgan fingerprint density at radius 3 is 2.79 bits per heavy atom. The number of nitrogens with zero attached hydrogens (tertiary/aromatic N) is 2. The van der Waals surface area contributed by atoms with Crippen LogP contribution < -0.4 is 4.90 Å². The molecule has 19 heavy (non-hydrogen) atoms. The maximum Gasteiger partial charge on any atom is 0.323 e. The Bertz CT molecular complexity index is 578. The molecule has 2 aromatic rings. The van der Waals surface area contributed by atoms with Crippen LogP contribution in [-0.4, -0.2) is 28.6 Å². The number of rotatable bonds is 5. The van der Waals surface area contributed by atoms with Crippen LogP contribution in [0.4, 0.5) is 5.69 Å². The largest absolute Gasteiger partial charge is 0.480 e. The quantitative estimate of drug-likeness (QED) is 0.896. The zero-order valence-corrected chi connectivity index (χ0v) is 11.2. The summed E-state index contributed by atoms with van der Waals surface area (Å²) in [7, 11) is 0. The van der Waals surface area contributed by atoms with Crippen LogP contribution >= 0.6 is 0 Å². The fourth-order valence-corrected chi connectivity index (χ4v) is 2.18. The van der Waals surface area contributed by atoms with Gasteiger partial charge in [-0.3, -0.25) is 9.78 Å². The summed E-state index contributed by atoms with van der Waals surface area (Å²) in [5.74, 6) is -0.818. The summed E-state index contributed by atoms with van der Waals surface area (Å²) in [6.45, 7) is 4.10. The molecule has 1 aromatic heterocycles. The van der Waals surface area contributed by atoms with Crippen molar-refractivity contribution in [3.05, 3.63) is 36.5 Å². The van der Waals surface area contributed by atoms with Crippen LogP contribution in [0.5, 0.6) is 0 Å². The molecule has 100 valence electrons. The first-order chi connectivity index (χ1) is 9.13. The highest BCUT2D eigenvalue weighted by Crippen LogP contribution is 2.27. The molecule has 0 aliphatic heterocycles. The second-order valence-corrected chi connectivity index (χ2v) is 4.63. The normalized spacial score (nSPS) is 12.3. The molecule has 2 rings (SSSR count). The molecule has 0 fully saturated rings. The van der Waals surface area contributed by atoms with E-state index in [2.05, 4.69) is 11.9 Å². The summed E-state index contributed by atoms with van der Waals surface area (Å²) in [6.07, 6.45) is 2.62. The number of para-hydroxylation sites is 1. The molecule has 0 amide bonds. The fraction of sp³-hybridized carbons (Fsp3) is 0.333. The molecule has 0 saturated heterocycles. The third-order valence-corrected chi connectivity index (χ3v) is 3.36. The number of hydrogen-bond acceptors (Lipinski definition) is 3. The van der Waals surface area contributed by atoms with E-state index in [1.165, 1.54) is 0 Å². The Hall–Kier alpha value is -2.10. The number of carboxylic acids is 1. The van der Waals surface area contributed by atoms with Crippen molar-refractivity contribution in [3.8, 4) is 0 Å². The van der Waals surface area contributed by atoms with Crippen LogP contribution in [0.15, 0.2) is 36.5 Å². The molecule has 1 aromatic carbocycles. The van der Waals surface area contributed by atoms with Crippen LogP contribution in [0, 0.1) is 0 Å². The van der Waals surface area contributed by atoms with Gasteiger partial charge in [0.25, 0.3) is 0 Å². The minimum atomic E-state index is -0.818. The van der Waals surface area contributed by atoms with E-state index >= 15 is 0 Å². The highest BCUT2D eigenvalue weighted by molar-refractivity contribution is 5.92. The smallest absolute Gasteiger partial charge is 0.323 e. The molecule has 1 atom stereocenters. The Morgan fingerprint density at radius 1 is 1.37 bits per heavy atom. The van der Waals surface area contributed by atoms with Gasteiger partial charge in [-0.1, -0.05) is 25.1 Å². The molecule has 1 heterocycles. The Morgan fingerprint density at radius 2 is 2.11 bits per heavy atom. The number of aliphatic carboxylic acids is 1. The maximum absolute atomic E-state index is 11.1. The minimum Gasteiger partial charge on any atom is -0.480 e. The number of benzene rings is 1. The summed E-state index contributed by atoms with van der Waals surface area (Å²) in [4.78, 5) is 17.3. The van der Waals surface area contributed by atoms with E-state index < -0.39 is 5.97 Å². The zero-order valence-electron chi connectivity index (χ0n) is 11.2. The van der Waals surface area contributed by atoms with Crippen molar-refractivity contribution in [3.63, 3.8) is 0 Å². The van der Waals surface area contributed by atoms with Gasteiger partial charge in [0.2, 0.25) is 0 Å². The first-order valence-corrected chi connectivity index (χ1v) is 6.45. The third kappa shape index (κ3) is 2.84. The van der Waals surface area contributed by atoms with Crippen LogP contribution in [0.2, 0.25) is 0 Å². The average molecular weight is 258 g/mol. The van der Waals surface area contributed by atoms with Crippen LogP contribution in [0.3, 0.4) is 0 Å². The molecule has 1 unspecified atom stereocenters. The highest BCUT2D eigenvalue weighted by Gasteiger charge is 2.18. The standard InChI is InChI=1S/C15H18N2O2/c1-3-11(2)17(10-15(18)19)14-8-9-16-13-7-5-4-6-12(13)14/h4-9,11H,3,10H2,1-2H3,(H,18,19). The Kier molecular flexibility index (Phi) is 4.00. The molecule has 4 heteroatoms. The van der Waals surface area contributed by atoms with Gasteiger partial charge in [0, 0.05) is 23.3 Å². The third-order valence-electron chi connectivity index (χ3n) is 3.36. The predicted octanol–water partition coefficient (Wildman–Crippen LogP) is 2.92. The summed E-state index contributed by atoms with van der Waals surface area (Å²) in [6, 6.07) is 9.86. The van der Waals surface area contributed by atoms with Crippen LogP contribution in [0.25, 0.3) is 10.9 Å².